The van der Waals surface area contributed by atoms with Crippen molar-refractivity contribution in [2.24, 2.45) is 11.3 Å². The Morgan fingerprint density at radius 1 is 1.00 bits per heavy atom. The van der Waals surface area contributed by atoms with Crippen molar-refractivity contribution in [2.75, 3.05) is 32.8 Å². The summed E-state index contributed by atoms with van der Waals surface area (Å²) in [5.41, 5.74) is 3.32. The normalized spacial score (nSPS) is 18.0. The molecule has 6 heteroatoms. The van der Waals surface area contributed by atoms with Crippen LogP contribution in [0, 0.1) is 11.3 Å². The molecule has 2 aromatic carbocycles. The van der Waals surface area contributed by atoms with Gasteiger partial charge in [0.2, 0.25) is 0 Å². The molecule has 2 fully saturated rings. The number of hydrogen-bond donors (Lipinski definition) is 0. The molecule has 1 spiro atoms. The predicted molar refractivity (Wildman–Crippen MR) is 141 cm³/mol. The van der Waals surface area contributed by atoms with E-state index in [-0.39, 0.29) is 5.91 Å². The molecule has 0 N–H and O–H groups in total. The van der Waals surface area contributed by atoms with Crippen LogP contribution in [0.5, 0.6) is 5.75 Å². The lowest BCUT2D eigenvalue weighted by molar-refractivity contribution is 0.0283. The van der Waals surface area contributed by atoms with Gasteiger partial charge in [0.1, 0.15) is 5.75 Å². The highest BCUT2D eigenvalue weighted by Crippen LogP contribution is 2.42. The van der Waals surface area contributed by atoms with Gasteiger partial charge in [-0.2, -0.15) is 0 Å². The number of rotatable bonds is 7. The summed E-state index contributed by atoms with van der Waals surface area (Å²) in [7, 11) is 0. The van der Waals surface area contributed by atoms with Crippen molar-refractivity contribution < 1.29 is 13.9 Å². The molecule has 0 saturated carbocycles. The Bertz CT molecular complexity index is 1120. The summed E-state index contributed by atoms with van der Waals surface area (Å²) >= 11 is 0. The van der Waals surface area contributed by atoms with Gasteiger partial charge < -0.3 is 14.1 Å². The van der Waals surface area contributed by atoms with Crippen LogP contribution in [0.1, 0.15) is 55.5 Å². The molecule has 2 saturated heterocycles. The second kappa shape index (κ2) is 10.9. The number of para-hydroxylation sites is 1. The first-order valence-electron chi connectivity index (χ1n) is 13.2. The molecule has 0 radical (unpaired) electrons. The van der Waals surface area contributed by atoms with Crippen molar-refractivity contribution in [2.45, 2.75) is 46.1 Å². The maximum Gasteiger partial charge on any atom is 0.253 e. The van der Waals surface area contributed by atoms with E-state index in [2.05, 4.69) is 48.0 Å². The molecule has 0 atom stereocenters. The van der Waals surface area contributed by atoms with Crippen molar-refractivity contribution in [3.8, 4) is 17.1 Å². The van der Waals surface area contributed by atoms with Crippen LogP contribution in [0.2, 0.25) is 0 Å². The number of aromatic nitrogens is 1. The molecular formula is C30H37N3O3. The number of carbonyl (C=O) groups is 1. The summed E-state index contributed by atoms with van der Waals surface area (Å²) in [5, 5.41) is 0. The highest BCUT2D eigenvalue weighted by atomic mass is 16.5. The van der Waals surface area contributed by atoms with E-state index in [0.29, 0.717) is 17.1 Å². The Morgan fingerprint density at radius 3 is 2.36 bits per heavy atom. The summed E-state index contributed by atoms with van der Waals surface area (Å²) < 4.78 is 11.4. The van der Waals surface area contributed by atoms with Gasteiger partial charge >= 0.3 is 0 Å². The summed E-state index contributed by atoms with van der Waals surface area (Å²) in [6.07, 6.45) is 7.70. The van der Waals surface area contributed by atoms with Crippen LogP contribution in [0.25, 0.3) is 11.3 Å². The fourth-order valence-corrected chi connectivity index (χ4v) is 5.46. The largest absolute Gasteiger partial charge is 0.493 e. The van der Waals surface area contributed by atoms with Crippen LogP contribution in [0.15, 0.2) is 65.5 Å². The highest BCUT2D eigenvalue weighted by molar-refractivity contribution is 5.94. The number of oxazole rings is 1. The molecule has 5 rings (SSSR count). The van der Waals surface area contributed by atoms with Crippen LogP contribution < -0.4 is 4.74 Å². The molecule has 3 heterocycles. The average molecular weight is 488 g/mol. The fourth-order valence-electron chi connectivity index (χ4n) is 5.46. The molecule has 36 heavy (non-hydrogen) atoms. The first-order chi connectivity index (χ1) is 17.5. The molecule has 2 aliphatic rings. The van der Waals surface area contributed by atoms with Gasteiger partial charge in [-0.1, -0.05) is 44.2 Å². The van der Waals surface area contributed by atoms with Crippen LogP contribution in [0.4, 0.5) is 0 Å². The topological polar surface area (TPSA) is 58.8 Å². The van der Waals surface area contributed by atoms with Gasteiger partial charge in [-0.25, -0.2) is 4.98 Å². The van der Waals surface area contributed by atoms with Gasteiger partial charge in [0, 0.05) is 36.3 Å². The maximum atomic E-state index is 13.1. The van der Waals surface area contributed by atoms with E-state index in [1.54, 1.807) is 6.20 Å². The maximum absolute atomic E-state index is 13.1. The molecule has 1 amide bonds. The number of ether oxygens (including phenoxy) is 1. The lowest BCUT2D eigenvalue weighted by Crippen LogP contribution is -2.48. The number of hydrogen-bond acceptors (Lipinski definition) is 5. The van der Waals surface area contributed by atoms with Gasteiger partial charge in [-0.15, -0.1) is 0 Å². The molecule has 6 nitrogen and oxygen atoms in total. The van der Waals surface area contributed by atoms with Gasteiger partial charge in [0.05, 0.1) is 12.8 Å². The lowest BCUT2D eigenvalue weighted by Gasteiger charge is -2.47. The summed E-state index contributed by atoms with van der Waals surface area (Å²) in [4.78, 5) is 21.7. The van der Waals surface area contributed by atoms with E-state index >= 15 is 0 Å². The molecule has 3 aromatic rings. The van der Waals surface area contributed by atoms with Gasteiger partial charge in [-0.3, -0.25) is 9.69 Å². The Kier molecular flexibility index (Phi) is 7.42. The summed E-state index contributed by atoms with van der Waals surface area (Å²) in [6, 6.07) is 16.1. The highest BCUT2D eigenvalue weighted by Gasteiger charge is 2.38. The average Bonchev–Trinajstić information content (AvgIpc) is 3.45. The van der Waals surface area contributed by atoms with Crippen molar-refractivity contribution >= 4 is 5.91 Å². The Labute approximate surface area is 214 Å². The number of nitrogens with zero attached hydrogens (tertiary/aromatic N) is 3. The molecule has 2 aliphatic heterocycles. The smallest absolute Gasteiger partial charge is 0.253 e. The molecule has 1 aromatic heterocycles. The lowest BCUT2D eigenvalue weighted by atomic mass is 9.71. The van der Waals surface area contributed by atoms with Crippen molar-refractivity contribution in [1.82, 2.24) is 14.8 Å². The van der Waals surface area contributed by atoms with E-state index in [4.69, 9.17) is 9.15 Å². The van der Waals surface area contributed by atoms with E-state index in [1.165, 1.54) is 24.8 Å². The first-order valence-corrected chi connectivity index (χ1v) is 13.2. The van der Waals surface area contributed by atoms with E-state index < -0.39 is 0 Å². The minimum atomic E-state index is 0.129. The first kappa shape index (κ1) is 24.6. The zero-order valence-corrected chi connectivity index (χ0v) is 21.5. The van der Waals surface area contributed by atoms with Crippen LogP contribution in [0.3, 0.4) is 0 Å². The Hall–Kier alpha value is -3.12. The van der Waals surface area contributed by atoms with Crippen LogP contribution in [-0.4, -0.2) is 53.5 Å². The van der Waals surface area contributed by atoms with E-state index in [9.17, 15) is 4.79 Å². The summed E-state index contributed by atoms with van der Waals surface area (Å²) in [5.74, 6) is 2.38. The van der Waals surface area contributed by atoms with Gasteiger partial charge in [-0.05, 0) is 68.3 Å². The third-order valence-electron chi connectivity index (χ3n) is 7.82. The zero-order valence-electron chi connectivity index (χ0n) is 21.5. The minimum Gasteiger partial charge on any atom is -0.493 e. The molecule has 190 valence electrons. The number of piperidine rings is 2. The third kappa shape index (κ3) is 5.65. The van der Waals surface area contributed by atoms with Crippen molar-refractivity contribution in [3.05, 3.63) is 72.2 Å². The number of benzene rings is 2. The predicted octanol–water partition coefficient (Wildman–Crippen LogP) is 5.89. The molecule has 0 unspecified atom stereocenters. The SMILES string of the molecule is CC(C)COc1ccccc1CN1CCC2(CC1)CCN(C(=O)c1ccc(-c3cnco3)cc1)CC2. The van der Waals surface area contributed by atoms with E-state index in [0.717, 1.165) is 69.0 Å². The Balaban J connectivity index is 1.12. The zero-order chi connectivity index (χ0) is 25.0. The van der Waals surface area contributed by atoms with Gasteiger partial charge in [0.25, 0.3) is 5.91 Å². The molecular weight excluding hydrogens is 450 g/mol. The van der Waals surface area contributed by atoms with Crippen LogP contribution in [-0.2, 0) is 6.54 Å². The van der Waals surface area contributed by atoms with Crippen LogP contribution >= 0.6 is 0 Å². The number of likely N-dealkylation sites (tertiary alicyclic amines) is 2. The van der Waals surface area contributed by atoms with E-state index in [1.807, 2.05) is 29.2 Å². The van der Waals surface area contributed by atoms with Gasteiger partial charge in [0.15, 0.2) is 12.2 Å². The third-order valence-corrected chi connectivity index (χ3v) is 7.82. The molecule has 0 aliphatic carbocycles. The second-order valence-electron chi connectivity index (χ2n) is 10.8. The van der Waals surface area contributed by atoms with Crippen molar-refractivity contribution in [3.63, 3.8) is 0 Å². The molecule has 0 bridgehead atoms. The van der Waals surface area contributed by atoms with Crippen molar-refractivity contribution in [1.29, 1.82) is 0 Å². The fraction of sp³-hybridized carbons (Fsp3) is 0.467. The standard InChI is InChI=1S/C30H37N3O3/c1-23(2)21-35-27-6-4-3-5-26(27)20-32-15-11-30(12-16-32)13-17-33(18-14-30)29(34)25-9-7-24(8-10-25)28-19-31-22-36-28/h3-10,19,22-23H,11-18,20-21H2,1-2H3. The Morgan fingerprint density at radius 2 is 1.69 bits per heavy atom. The quantitative estimate of drug-likeness (QED) is 0.416. The second-order valence-corrected chi connectivity index (χ2v) is 10.8. The monoisotopic (exact) mass is 487 g/mol. The number of carbonyl (C=O) groups excluding carboxylic acids is 1. The minimum absolute atomic E-state index is 0.129. The number of amides is 1. The summed E-state index contributed by atoms with van der Waals surface area (Å²) in [6.45, 7) is 9.96.